The summed E-state index contributed by atoms with van der Waals surface area (Å²) in [6.45, 7) is 6.32. The van der Waals surface area contributed by atoms with E-state index in [2.05, 4.69) is 0 Å². The second-order valence-electron chi connectivity index (χ2n) is 3.17. The van der Waals surface area contributed by atoms with E-state index >= 15 is 0 Å². The van der Waals surface area contributed by atoms with Crippen molar-refractivity contribution < 1.29 is 46.3 Å². The minimum absolute atomic E-state index is 0. The van der Waals surface area contributed by atoms with Gasteiger partial charge in [0.2, 0.25) is 0 Å². The van der Waals surface area contributed by atoms with Gasteiger partial charge in [0, 0.05) is 0 Å². The summed E-state index contributed by atoms with van der Waals surface area (Å²) in [5, 5.41) is 28.6. The van der Waals surface area contributed by atoms with Crippen LogP contribution < -0.4 is 27.7 Å². The van der Waals surface area contributed by atoms with Crippen molar-refractivity contribution in [2.45, 2.75) is 59.3 Å². The van der Waals surface area contributed by atoms with Crippen molar-refractivity contribution in [2.75, 3.05) is 19.8 Å². The molecule has 0 N–H and O–H groups in total. The Balaban J connectivity index is -0.0000000400. The quantitative estimate of drug-likeness (QED) is 0.542. The minimum Gasteiger partial charge on any atom is -1.00 e. The van der Waals surface area contributed by atoms with Gasteiger partial charge in [0.05, 0.1) is 0 Å². The van der Waals surface area contributed by atoms with E-state index in [1.807, 2.05) is 20.8 Å². The zero-order valence-electron chi connectivity index (χ0n) is 11.4. The molecule has 0 saturated heterocycles. The SMILES string of the molecule is CCCC[O-].CCCC[O-].CCCC[O-].[Cl-].[V+4]. The topological polar surface area (TPSA) is 69.2 Å². The molecule has 0 aromatic heterocycles. The molecule has 0 spiro atoms. The van der Waals surface area contributed by atoms with Crippen LogP contribution in [0.25, 0.3) is 0 Å². The third kappa shape index (κ3) is 79.9. The molecule has 0 bridgehead atoms. The van der Waals surface area contributed by atoms with E-state index in [-0.39, 0.29) is 50.8 Å². The summed E-state index contributed by atoms with van der Waals surface area (Å²) in [6.07, 6.45) is 5.59. The van der Waals surface area contributed by atoms with Crippen molar-refractivity contribution in [3.63, 3.8) is 0 Å². The van der Waals surface area contributed by atoms with Crippen molar-refractivity contribution in [1.29, 1.82) is 0 Å². The average Bonchev–Trinajstić information content (AvgIpc) is 2.23. The summed E-state index contributed by atoms with van der Waals surface area (Å²) >= 11 is 0. The van der Waals surface area contributed by atoms with Crippen molar-refractivity contribution in [3.05, 3.63) is 0 Å². The smallest absolute Gasteiger partial charge is 1.00 e. The van der Waals surface area contributed by atoms with E-state index in [0.717, 1.165) is 38.5 Å². The fourth-order valence-electron chi connectivity index (χ4n) is 0.433. The maximum atomic E-state index is 9.53. The molecule has 0 aliphatic carbocycles. The summed E-state index contributed by atoms with van der Waals surface area (Å²) in [7, 11) is 0. The van der Waals surface area contributed by atoms with Gasteiger partial charge >= 0.3 is 18.6 Å². The van der Waals surface area contributed by atoms with Gasteiger partial charge in [0.25, 0.3) is 0 Å². The van der Waals surface area contributed by atoms with Gasteiger partial charge in [-0.1, -0.05) is 59.3 Å². The molecule has 0 aromatic rings. The molecular weight excluding hydrogens is 279 g/mol. The minimum atomic E-state index is 0. The van der Waals surface area contributed by atoms with Crippen LogP contribution in [0.5, 0.6) is 0 Å². The number of unbranched alkanes of at least 4 members (excludes halogenated alkanes) is 3. The summed E-state index contributed by atoms with van der Waals surface area (Å²) in [5.41, 5.74) is 0. The summed E-state index contributed by atoms with van der Waals surface area (Å²) < 4.78 is 0. The first-order valence-corrected chi connectivity index (χ1v) is 5.99. The second-order valence-corrected chi connectivity index (χ2v) is 3.17. The zero-order valence-corrected chi connectivity index (χ0v) is 13.6. The zero-order chi connectivity index (χ0) is 12.4. The van der Waals surface area contributed by atoms with Crippen LogP contribution in [0.4, 0.5) is 0 Å². The summed E-state index contributed by atoms with van der Waals surface area (Å²) in [6, 6.07) is 0. The normalized spacial score (nSPS) is 7.41. The van der Waals surface area contributed by atoms with E-state index in [1.54, 1.807) is 0 Å². The molecule has 0 aliphatic heterocycles. The Hall–Kier alpha value is 0.754. The first-order chi connectivity index (χ1) is 7.24. The number of hydrogen-bond acceptors (Lipinski definition) is 3. The molecule has 0 unspecified atom stereocenters. The first-order valence-electron chi connectivity index (χ1n) is 5.99. The Morgan fingerprint density at radius 1 is 0.588 bits per heavy atom. The van der Waals surface area contributed by atoms with Gasteiger partial charge < -0.3 is 27.7 Å². The van der Waals surface area contributed by atoms with Gasteiger partial charge in [0.1, 0.15) is 0 Å². The van der Waals surface area contributed by atoms with Gasteiger partial charge in [0.15, 0.2) is 0 Å². The van der Waals surface area contributed by atoms with Crippen LogP contribution in [0.15, 0.2) is 0 Å². The molecule has 1 radical (unpaired) electrons. The van der Waals surface area contributed by atoms with Crippen LogP contribution >= 0.6 is 0 Å². The fourth-order valence-corrected chi connectivity index (χ4v) is 0.433. The van der Waals surface area contributed by atoms with Crippen LogP contribution in [0, 0.1) is 0 Å². The summed E-state index contributed by atoms with van der Waals surface area (Å²) in [4.78, 5) is 0. The van der Waals surface area contributed by atoms with Gasteiger partial charge in [-0.05, 0) is 0 Å². The van der Waals surface area contributed by atoms with Crippen molar-refractivity contribution in [2.24, 2.45) is 0 Å². The predicted octanol–water partition coefficient (Wildman–Crippen LogP) is -2.56. The molecule has 3 nitrogen and oxygen atoms in total. The largest absolute Gasteiger partial charge is 4.00 e. The van der Waals surface area contributed by atoms with E-state index < -0.39 is 0 Å². The molecule has 17 heavy (non-hydrogen) atoms. The Labute approximate surface area is 125 Å². The van der Waals surface area contributed by atoms with E-state index in [0.29, 0.717) is 0 Å². The Morgan fingerprint density at radius 3 is 0.765 bits per heavy atom. The second kappa shape index (κ2) is 43.7. The van der Waals surface area contributed by atoms with Crippen molar-refractivity contribution >= 4 is 0 Å². The van der Waals surface area contributed by atoms with E-state index in [1.165, 1.54) is 0 Å². The van der Waals surface area contributed by atoms with Crippen LogP contribution in [-0.4, -0.2) is 19.8 Å². The number of hydrogen-bond donors (Lipinski definition) is 0. The van der Waals surface area contributed by atoms with Crippen LogP contribution in [0.1, 0.15) is 59.3 Å². The molecule has 0 heterocycles. The van der Waals surface area contributed by atoms with Gasteiger partial charge in [-0.3, -0.25) is 0 Å². The van der Waals surface area contributed by atoms with E-state index in [9.17, 15) is 15.3 Å². The van der Waals surface area contributed by atoms with E-state index in [4.69, 9.17) is 0 Å². The molecule has 5 heteroatoms. The van der Waals surface area contributed by atoms with Gasteiger partial charge in [-0.25, -0.2) is 0 Å². The van der Waals surface area contributed by atoms with Crippen molar-refractivity contribution in [1.82, 2.24) is 0 Å². The average molecular weight is 306 g/mol. The van der Waals surface area contributed by atoms with Crippen LogP contribution in [0.2, 0.25) is 0 Å². The maximum absolute atomic E-state index is 9.53. The number of rotatable bonds is 6. The first kappa shape index (κ1) is 30.6. The molecule has 0 aliphatic rings. The molecule has 0 saturated carbocycles. The van der Waals surface area contributed by atoms with Crippen LogP contribution in [-0.2, 0) is 18.6 Å². The monoisotopic (exact) mass is 305 g/mol. The maximum Gasteiger partial charge on any atom is 4.00 e. The molecule has 105 valence electrons. The summed E-state index contributed by atoms with van der Waals surface area (Å²) in [5.74, 6) is 0. The molecular formula is C12H27ClO3V. The molecule has 0 rings (SSSR count). The Morgan fingerprint density at radius 2 is 0.765 bits per heavy atom. The molecule has 0 aromatic carbocycles. The molecule has 0 fully saturated rings. The number of halogens is 1. The molecule has 0 atom stereocenters. The third-order valence-electron chi connectivity index (χ3n) is 1.49. The molecule has 0 amide bonds. The van der Waals surface area contributed by atoms with Gasteiger partial charge in [-0.15, -0.1) is 19.8 Å². The Bertz CT molecular complexity index is 58.5. The van der Waals surface area contributed by atoms with Crippen molar-refractivity contribution in [3.8, 4) is 0 Å². The van der Waals surface area contributed by atoms with Gasteiger partial charge in [-0.2, -0.15) is 0 Å². The fraction of sp³-hybridized carbons (Fsp3) is 1.00. The third-order valence-corrected chi connectivity index (χ3v) is 1.49. The van der Waals surface area contributed by atoms with Crippen LogP contribution in [0.3, 0.4) is 0 Å². The Kier molecular flexibility index (Phi) is 78.8. The predicted molar refractivity (Wildman–Crippen MR) is 59.3 cm³/mol. The standard InChI is InChI=1S/3C4H9O.ClH.V/c3*1-2-3-4-5;;/h3*2-4H2,1H3;1H;/q3*-1;;+4/p-1.